The van der Waals surface area contributed by atoms with Crippen LogP contribution in [0.1, 0.15) is 52.4 Å². The largest absolute Gasteiger partial charge is 0.390 e. The fraction of sp³-hybridized carbons (Fsp3) is 1.00. The molecular weight excluding hydrogens is 328 g/mol. The van der Waals surface area contributed by atoms with Crippen molar-refractivity contribution in [3.05, 3.63) is 0 Å². The van der Waals surface area contributed by atoms with Crippen LogP contribution in [0.2, 0.25) is 0 Å². The number of hydrogen-bond acceptors (Lipinski definition) is 4. The Hall–Kier alpha value is -0.160. The van der Waals surface area contributed by atoms with Gasteiger partial charge in [0.15, 0.2) is 0 Å². The van der Waals surface area contributed by atoms with E-state index in [9.17, 15) is 20.4 Å². The lowest BCUT2D eigenvalue weighted by Crippen LogP contribution is -2.85. The quantitative estimate of drug-likeness (QED) is 0.526. The second kappa shape index (κ2) is 3.26. The minimum atomic E-state index is -0.651. The van der Waals surface area contributed by atoms with E-state index in [0.29, 0.717) is 23.2 Å². The van der Waals surface area contributed by atoms with Crippen molar-refractivity contribution in [2.45, 2.75) is 76.8 Å². The molecule has 0 aromatic heterocycles. The van der Waals surface area contributed by atoms with Gasteiger partial charge in [0.1, 0.15) is 0 Å². The first-order chi connectivity index (χ1) is 12.2. The lowest BCUT2D eigenvalue weighted by molar-refractivity contribution is -0.418. The van der Waals surface area contributed by atoms with Crippen molar-refractivity contribution in [1.82, 2.24) is 0 Å². The summed E-state index contributed by atoms with van der Waals surface area (Å²) >= 11 is 0. The Bertz CT molecular complexity index is 780. The van der Waals surface area contributed by atoms with Crippen LogP contribution in [0, 0.1) is 56.2 Å². The molecule has 8 bridgehead atoms. The summed E-state index contributed by atoms with van der Waals surface area (Å²) in [5.41, 5.74) is 1.21. The van der Waals surface area contributed by atoms with E-state index in [1.54, 1.807) is 0 Å². The summed E-state index contributed by atoms with van der Waals surface area (Å²) in [4.78, 5) is 0. The average molecular weight is 358 g/mol. The summed E-state index contributed by atoms with van der Waals surface area (Å²) in [6.07, 6.45) is 4.09. The molecule has 3 spiro atoms. The van der Waals surface area contributed by atoms with Gasteiger partial charge in [0.2, 0.25) is 0 Å². The highest BCUT2D eigenvalue weighted by atomic mass is 16.3. The van der Waals surface area contributed by atoms with E-state index >= 15 is 0 Å². The molecule has 9 saturated carbocycles. The predicted octanol–water partition coefficient (Wildman–Crippen LogP) is 1.30. The summed E-state index contributed by atoms with van der Waals surface area (Å²) in [6.45, 7) is 4.99. The van der Waals surface area contributed by atoms with E-state index in [1.165, 1.54) is 25.7 Å². The third-order valence-corrected chi connectivity index (χ3v) is 13.1. The molecule has 4 N–H and O–H groups in total. The lowest BCUT2D eigenvalue weighted by atomic mass is 9.18. The fourth-order valence-corrected chi connectivity index (χ4v) is 13.6. The van der Waals surface area contributed by atoms with Crippen LogP contribution in [-0.2, 0) is 0 Å². The molecule has 12 atom stereocenters. The van der Waals surface area contributed by atoms with Gasteiger partial charge in [-0.2, -0.15) is 0 Å². The smallest absolute Gasteiger partial charge is 0.0838 e. The molecule has 0 radical (unpaired) electrons. The van der Waals surface area contributed by atoms with Crippen molar-refractivity contribution < 1.29 is 20.4 Å². The van der Waals surface area contributed by atoms with Crippen molar-refractivity contribution in [2.75, 3.05) is 0 Å². The van der Waals surface area contributed by atoms with Crippen LogP contribution in [-0.4, -0.2) is 44.8 Å². The normalized spacial score (nSPS) is 83.8. The summed E-state index contributed by atoms with van der Waals surface area (Å²) in [7, 11) is 0. The number of hydrogen-bond donors (Lipinski definition) is 4. The Morgan fingerprint density at radius 3 is 1.96 bits per heavy atom. The molecule has 142 valence electrons. The van der Waals surface area contributed by atoms with Gasteiger partial charge in [-0.1, -0.05) is 13.8 Å². The minimum Gasteiger partial charge on any atom is -0.390 e. The summed E-state index contributed by atoms with van der Waals surface area (Å²) < 4.78 is 0. The van der Waals surface area contributed by atoms with Crippen molar-refractivity contribution >= 4 is 0 Å². The van der Waals surface area contributed by atoms with Crippen LogP contribution >= 0.6 is 0 Å². The van der Waals surface area contributed by atoms with Gasteiger partial charge in [-0.15, -0.1) is 0 Å². The topological polar surface area (TPSA) is 80.9 Å². The minimum absolute atomic E-state index is 0.0152. The Morgan fingerprint density at radius 2 is 1.31 bits per heavy atom. The Labute approximate surface area is 154 Å². The molecule has 0 saturated heterocycles. The number of aliphatic hydroxyl groups excluding tert-OH is 4. The molecule has 0 aromatic rings. The zero-order valence-electron chi connectivity index (χ0n) is 15.7. The van der Waals surface area contributed by atoms with Crippen LogP contribution in [0.3, 0.4) is 0 Å². The van der Waals surface area contributed by atoms with Crippen LogP contribution in [0.4, 0.5) is 0 Å². The first kappa shape index (κ1) is 14.8. The lowest BCUT2D eigenvalue weighted by Gasteiger charge is -2.85. The molecule has 9 aliphatic carbocycles. The SMILES string of the molecule is CC12CC34CC1(C)CC3(C2)C12C3CC5C(C(O)C(O)C51)C42CC(O)C3O. The summed E-state index contributed by atoms with van der Waals surface area (Å²) in [6, 6.07) is 0. The summed E-state index contributed by atoms with van der Waals surface area (Å²) in [5.74, 6) is 0.804. The van der Waals surface area contributed by atoms with Crippen molar-refractivity contribution in [1.29, 1.82) is 0 Å². The Kier molecular flexibility index (Phi) is 1.85. The molecule has 4 nitrogen and oxygen atoms in total. The molecule has 4 heteroatoms. The number of aliphatic hydroxyl groups is 4. The maximum absolute atomic E-state index is 11.1. The van der Waals surface area contributed by atoms with Gasteiger partial charge in [-0.3, -0.25) is 0 Å². The molecule has 9 aliphatic rings. The molecule has 12 unspecified atom stereocenters. The Balaban J connectivity index is 1.49. The van der Waals surface area contributed by atoms with Gasteiger partial charge in [0.25, 0.3) is 0 Å². The molecular formula is C22H30O4. The van der Waals surface area contributed by atoms with Gasteiger partial charge in [0, 0.05) is 0 Å². The van der Waals surface area contributed by atoms with Gasteiger partial charge in [0.05, 0.1) is 24.4 Å². The van der Waals surface area contributed by atoms with E-state index in [2.05, 4.69) is 13.8 Å². The Morgan fingerprint density at radius 1 is 0.731 bits per heavy atom. The van der Waals surface area contributed by atoms with Crippen LogP contribution < -0.4 is 0 Å². The van der Waals surface area contributed by atoms with E-state index < -0.39 is 24.4 Å². The van der Waals surface area contributed by atoms with Gasteiger partial charge >= 0.3 is 0 Å². The average Bonchev–Trinajstić information content (AvgIpc) is 3.30. The molecule has 0 aromatic carbocycles. The van der Waals surface area contributed by atoms with Crippen LogP contribution in [0.25, 0.3) is 0 Å². The first-order valence-electron chi connectivity index (χ1n) is 10.9. The molecule has 26 heavy (non-hydrogen) atoms. The third-order valence-electron chi connectivity index (χ3n) is 13.1. The summed E-state index contributed by atoms with van der Waals surface area (Å²) in [5, 5.41) is 44.1. The molecule has 0 amide bonds. The van der Waals surface area contributed by atoms with Crippen molar-refractivity contribution in [3.63, 3.8) is 0 Å². The van der Waals surface area contributed by atoms with Crippen molar-refractivity contribution in [2.24, 2.45) is 56.2 Å². The third kappa shape index (κ3) is 0.811. The predicted molar refractivity (Wildman–Crippen MR) is 91.6 cm³/mol. The zero-order chi connectivity index (χ0) is 17.9. The molecule has 0 heterocycles. The van der Waals surface area contributed by atoms with Crippen molar-refractivity contribution in [3.8, 4) is 0 Å². The van der Waals surface area contributed by atoms with E-state index in [1.807, 2.05) is 0 Å². The molecule has 0 aliphatic heterocycles. The highest BCUT2D eigenvalue weighted by Gasteiger charge is 3.06. The second-order valence-corrected chi connectivity index (χ2v) is 12.6. The second-order valence-electron chi connectivity index (χ2n) is 12.6. The monoisotopic (exact) mass is 358 g/mol. The highest BCUT2D eigenvalue weighted by molar-refractivity contribution is 5.53. The van der Waals surface area contributed by atoms with E-state index in [4.69, 9.17) is 0 Å². The van der Waals surface area contributed by atoms with Gasteiger partial charge in [-0.25, -0.2) is 0 Å². The van der Waals surface area contributed by atoms with Crippen LogP contribution in [0.15, 0.2) is 0 Å². The van der Waals surface area contributed by atoms with Crippen LogP contribution in [0.5, 0.6) is 0 Å². The highest BCUT2D eigenvalue weighted by Crippen LogP contribution is 3.10. The molecule has 9 fully saturated rings. The first-order valence-corrected chi connectivity index (χ1v) is 10.9. The fourth-order valence-electron chi connectivity index (χ4n) is 13.6. The maximum Gasteiger partial charge on any atom is 0.0838 e. The maximum atomic E-state index is 11.1. The standard InChI is InChI=1S/C22H30O4/c1-17-5-19-6-18(17,2)8-20(19,7-17)22-10-3-9-12(15(25)16(26)13(9)22)21(19,22)4-11(23)14(10)24/h9-16,23-26H,3-8H2,1-2H3. The zero-order valence-corrected chi connectivity index (χ0v) is 15.7. The number of rotatable bonds is 0. The van der Waals surface area contributed by atoms with Gasteiger partial charge < -0.3 is 20.4 Å². The van der Waals surface area contributed by atoms with E-state index in [-0.39, 0.29) is 39.4 Å². The molecule has 9 rings (SSSR count). The van der Waals surface area contributed by atoms with E-state index in [0.717, 1.165) is 6.42 Å². The van der Waals surface area contributed by atoms with Gasteiger partial charge in [-0.05, 0) is 94.7 Å².